The Kier molecular flexibility index (Phi) is 8.22. The van der Waals surface area contributed by atoms with Gasteiger partial charge in [-0.3, -0.25) is 0 Å². The molecule has 2 atom stereocenters. The average molecular weight is 458 g/mol. The molecule has 2 unspecified atom stereocenters. The molecule has 0 aromatic heterocycles. The molecule has 15 heteroatoms. The van der Waals surface area contributed by atoms with Gasteiger partial charge in [-0.25, -0.2) is 22.4 Å². The van der Waals surface area contributed by atoms with Crippen molar-refractivity contribution in [1.29, 1.82) is 0 Å². The largest absolute Gasteiger partial charge is 0.442 e. The van der Waals surface area contributed by atoms with E-state index in [9.17, 15) is 61.9 Å². The van der Waals surface area contributed by atoms with Gasteiger partial charge in [0.15, 0.2) is 12.0 Å². The molecule has 0 N–H and O–H groups in total. The molecule has 0 aliphatic rings. The minimum absolute atomic E-state index is 0.663. The normalized spacial score (nSPS) is 15.5. The fraction of sp³-hybridized carbons (Fsp3) is 0.643. The van der Waals surface area contributed by atoms with Crippen molar-refractivity contribution in [1.82, 2.24) is 0 Å². The van der Waals surface area contributed by atoms with Crippen LogP contribution in [0.2, 0.25) is 0 Å². The lowest BCUT2D eigenvalue weighted by Gasteiger charge is -2.35. The number of hydrogen-bond acceptors (Lipinski definition) is 2. The van der Waals surface area contributed by atoms with E-state index in [2.05, 4.69) is 11.3 Å². The zero-order valence-corrected chi connectivity index (χ0v) is 14.0. The zero-order valence-electron chi connectivity index (χ0n) is 14.0. The number of carbonyl (C=O) groups is 1. The number of halogens is 13. The van der Waals surface area contributed by atoms with E-state index in [1.807, 2.05) is 0 Å². The maximum absolute atomic E-state index is 13.7. The first kappa shape index (κ1) is 27.0. The lowest BCUT2D eigenvalue weighted by molar-refractivity contribution is -0.332. The Bertz CT molecular complexity index is 646. The molecule has 0 saturated heterocycles. The molecule has 0 spiro atoms. The van der Waals surface area contributed by atoms with E-state index in [0.717, 1.165) is 0 Å². The van der Waals surface area contributed by atoms with Crippen LogP contribution in [0.25, 0.3) is 0 Å². The summed E-state index contributed by atoms with van der Waals surface area (Å²) in [6, 6.07) is 0. The van der Waals surface area contributed by atoms with Crippen LogP contribution in [-0.4, -0.2) is 42.2 Å². The third kappa shape index (κ3) is 6.80. The third-order valence-electron chi connectivity index (χ3n) is 3.18. The molecule has 0 heterocycles. The second-order valence-electron chi connectivity index (χ2n) is 5.71. The summed E-state index contributed by atoms with van der Waals surface area (Å²) in [5, 5.41) is 0. The molecule has 0 bridgehead atoms. The van der Waals surface area contributed by atoms with Crippen LogP contribution in [-0.2, 0) is 9.53 Å². The number of allylic oxidation sites excluding steroid dienone is 1. The Balaban J connectivity index is 5.83. The van der Waals surface area contributed by atoms with E-state index in [-0.39, 0.29) is 0 Å². The van der Waals surface area contributed by atoms with Gasteiger partial charge in [-0.1, -0.05) is 6.58 Å². The number of alkyl halides is 10. The maximum atomic E-state index is 13.7. The molecule has 0 amide bonds. The fourth-order valence-electron chi connectivity index (χ4n) is 1.64. The van der Waals surface area contributed by atoms with E-state index >= 15 is 0 Å². The molecule has 0 fully saturated rings. The Labute approximate surface area is 154 Å². The SMILES string of the molecule is C=C(C)C(=O)OC(C(F)(F)F)C(F)(F)C(F)(F)CC(F)C(F)(F)CC(F)=C(F)F. The Morgan fingerprint density at radius 3 is 1.76 bits per heavy atom. The Morgan fingerprint density at radius 2 is 1.41 bits per heavy atom. The number of carbonyl (C=O) groups excluding carboxylic acids is 1. The van der Waals surface area contributed by atoms with Crippen LogP contribution < -0.4 is 0 Å². The van der Waals surface area contributed by atoms with Crippen molar-refractivity contribution in [3.8, 4) is 0 Å². The van der Waals surface area contributed by atoms with Gasteiger partial charge in [0.05, 0.1) is 12.8 Å². The molecule has 0 aromatic rings. The summed E-state index contributed by atoms with van der Waals surface area (Å²) in [4.78, 5) is 11.0. The van der Waals surface area contributed by atoms with Gasteiger partial charge in [-0.2, -0.15) is 39.5 Å². The van der Waals surface area contributed by atoms with Gasteiger partial charge >= 0.3 is 30.1 Å². The predicted molar refractivity (Wildman–Crippen MR) is 70.1 cm³/mol. The molecule has 0 rings (SSSR count). The van der Waals surface area contributed by atoms with Gasteiger partial charge in [-0.05, 0) is 6.92 Å². The average Bonchev–Trinajstić information content (AvgIpc) is 2.49. The monoisotopic (exact) mass is 458 g/mol. The first-order chi connectivity index (χ1) is 12.7. The molecule has 2 nitrogen and oxygen atoms in total. The summed E-state index contributed by atoms with van der Waals surface area (Å²) in [6.45, 7) is 3.39. The van der Waals surface area contributed by atoms with E-state index < -0.39 is 72.5 Å². The van der Waals surface area contributed by atoms with Gasteiger partial charge in [-0.15, -0.1) is 0 Å². The quantitative estimate of drug-likeness (QED) is 0.236. The van der Waals surface area contributed by atoms with Crippen LogP contribution in [0.3, 0.4) is 0 Å². The highest BCUT2D eigenvalue weighted by atomic mass is 19.4. The van der Waals surface area contributed by atoms with Crippen molar-refractivity contribution in [3.63, 3.8) is 0 Å². The fourth-order valence-corrected chi connectivity index (χ4v) is 1.64. The van der Waals surface area contributed by atoms with Crippen molar-refractivity contribution < 1.29 is 66.6 Å². The van der Waals surface area contributed by atoms with Gasteiger partial charge in [0, 0.05) is 5.57 Å². The number of rotatable bonds is 9. The van der Waals surface area contributed by atoms with Crippen LogP contribution >= 0.6 is 0 Å². The van der Waals surface area contributed by atoms with Gasteiger partial charge in [0.25, 0.3) is 12.0 Å². The summed E-state index contributed by atoms with van der Waals surface area (Å²) >= 11 is 0. The summed E-state index contributed by atoms with van der Waals surface area (Å²) < 4.78 is 172. The Hall–Kier alpha value is -1.96. The van der Waals surface area contributed by atoms with Crippen LogP contribution in [0, 0.1) is 0 Å². The van der Waals surface area contributed by atoms with Crippen molar-refractivity contribution in [2.24, 2.45) is 0 Å². The molecular weight excluding hydrogens is 447 g/mol. The van der Waals surface area contributed by atoms with E-state index in [1.54, 1.807) is 0 Å². The maximum Gasteiger partial charge on any atom is 0.431 e. The minimum atomic E-state index is -6.48. The summed E-state index contributed by atoms with van der Waals surface area (Å²) in [5.41, 5.74) is -0.927. The first-order valence-electron chi connectivity index (χ1n) is 7.07. The second kappa shape index (κ2) is 8.81. The highest BCUT2D eigenvalue weighted by molar-refractivity contribution is 5.87. The zero-order chi connectivity index (χ0) is 23.6. The highest BCUT2D eigenvalue weighted by Crippen LogP contribution is 2.48. The summed E-state index contributed by atoms with van der Waals surface area (Å²) in [7, 11) is 0. The summed E-state index contributed by atoms with van der Waals surface area (Å²) in [5.74, 6) is -23.3. The number of ether oxygens (including phenoxy) is 1. The number of hydrogen-bond donors (Lipinski definition) is 0. The van der Waals surface area contributed by atoms with Crippen LogP contribution in [0.5, 0.6) is 0 Å². The van der Waals surface area contributed by atoms with Crippen molar-refractivity contribution in [2.45, 2.75) is 56.0 Å². The van der Waals surface area contributed by atoms with Crippen LogP contribution in [0.4, 0.5) is 57.1 Å². The standard InChI is InChI=1S/C14H11F13O2/c1-5(2)9(28)29-10(14(25,26)27)13(23,24)12(21,22)4-7(16)11(19,20)3-6(15)8(17)18/h7,10H,1,3-4H2,2H3. The Morgan fingerprint density at radius 1 is 0.966 bits per heavy atom. The lowest BCUT2D eigenvalue weighted by Crippen LogP contribution is -2.58. The predicted octanol–water partition coefficient (Wildman–Crippen LogP) is 6.14. The van der Waals surface area contributed by atoms with Gasteiger partial charge in [0.1, 0.15) is 0 Å². The molecule has 0 radical (unpaired) electrons. The lowest BCUT2D eigenvalue weighted by atomic mass is 9.96. The van der Waals surface area contributed by atoms with Crippen molar-refractivity contribution in [2.75, 3.05) is 0 Å². The molecule has 0 aromatic carbocycles. The van der Waals surface area contributed by atoms with Gasteiger partial charge in [0.2, 0.25) is 0 Å². The molecule has 29 heavy (non-hydrogen) atoms. The topological polar surface area (TPSA) is 26.3 Å². The first-order valence-corrected chi connectivity index (χ1v) is 7.07. The summed E-state index contributed by atoms with van der Waals surface area (Å²) in [6.07, 6.45) is -25.3. The van der Waals surface area contributed by atoms with E-state index in [0.29, 0.717) is 6.92 Å². The molecule has 0 aliphatic carbocycles. The molecular formula is C14H11F13O2. The molecule has 0 saturated carbocycles. The number of esters is 1. The molecule has 0 aliphatic heterocycles. The smallest absolute Gasteiger partial charge is 0.431 e. The van der Waals surface area contributed by atoms with Crippen molar-refractivity contribution in [3.05, 3.63) is 24.1 Å². The van der Waals surface area contributed by atoms with Crippen molar-refractivity contribution >= 4 is 5.97 Å². The van der Waals surface area contributed by atoms with E-state index in [4.69, 9.17) is 0 Å². The van der Waals surface area contributed by atoms with Gasteiger partial charge < -0.3 is 4.74 Å². The highest BCUT2D eigenvalue weighted by Gasteiger charge is 2.71. The van der Waals surface area contributed by atoms with E-state index in [1.165, 1.54) is 0 Å². The second-order valence-corrected chi connectivity index (χ2v) is 5.71. The third-order valence-corrected chi connectivity index (χ3v) is 3.18. The minimum Gasteiger partial charge on any atom is -0.442 e. The van der Waals surface area contributed by atoms with Crippen LogP contribution in [0.15, 0.2) is 24.1 Å². The molecule has 170 valence electrons. The van der Waals surface area contributed by atoms with Crippen LogP contribution in [0.1, 0.15) is 19.8 Å².